The van der Waals surface area contributed by atoms with Crippen molar-refractivity contribution in [1.82, 2.24) is 5.16 Å². The van der Waals surface area contributed by atoms with E-state index in [2.05, 4.69) is 24.3 Å². The summed E-state index contributed by atoms with van der Waals surface area (Å²) in [6.45, 7) is 7.76. The zero-order valence-corrected chi connectivity index (χ0v) is 13.4. The predicted octanol–water partition coefficient (Wildman–Crippen LogP) is 3.90. The van der Waals surface area contributed by atoms with E-state index in [0.717, 1.165) is 17.7 Å². The average Bonchev–Trinajstić information content (AvgIpc) is 2.92. The van der Waals surface area contributed by atoms with Crippen molar-refractivity contribution >= 4 is 11.7 Å². The summed E-state index contributed by atoms with van der Waals surface area (Å²) < 4.78 is 10.8. The second kappa shape index (κ2) is 7.11. The molecule has 0 radical (unpaired) electrons. The van der Waals surface area contributed by atoms with Crippen LogP contribution in [0.3, 0.4) is 0 Å². The van der Waals surface area contributed by atoms with Gasteiger partial charge >= 0.3 is 0 Å². The molecule has 0 bridgehead atoms. The van der Waals surface area contributed by atoms with Gasteiger partial charge in [-0.15, -0.1) is 0 Å². The van der Waals surface area contributed by atoms with E-state index in [0.29, 0.717) is 17.5 Å². The lowest BCUT2D eigenvalue weighted by molar-refractivity contribution is -0.122. The number of anilines is 1. The summed E-state index contributed by atoms with van der Waals surface area (Å²) >= 11 is 0. The van der Waals surface area contributed by atoms with Crippen LogP contribution in [0, 0.1) is 6.92 Å². The number of aryl methyl sites for hydroxylation is 1. The van der Waals surface area contributed by atoms with E-state index in [1.165, 1.54) is 0 Å². The third-order valence-electron chi connectivity index (χ3n) is 3.61. The standard InChI is InChI=1S/C17H22N2O3/c1-5-11(2)14-8-6-7-9-15(14)21-13(4)17(20)18-16-10-12(3)22-19-16/h6-11,13H,5H2,1-4H3,(H,18,19,20). The highest BCUT2D eigenvalue weighted by Gasteiger charge is 2.19. The van der Waals surface area contributed by atoms with Gasteiger partial charge in [0, 0.05) is 6.07 Å². The lowest BCUT2D eigenvalue weighted by atomic mass is 9.98. The number of benzene rings is 1. The first-order valence-corrected chi connectivity index (χ1v) is 7.51. The van der Waals surface area contributed by atoms with E-state index in [-0.39, 0.29) is 5.91 Å². The number of carbonyl (C=O) groups is 1. The molecule has 0 fully saturated rings. The molecule has 0 saturated heterocycles. The summed E-state index contributed by atoms with van der Waals surface area (Å²) in [7, 11) is 0. The Balaban J connectivity index is 2.05. The molecule has 0 aliphatic heterocycles. The van der Waals surface area contributed by atoms with Crippen molar-refractivity contribution in [3.63, 3.8) is 0 Å². The van der Waals surface area contributed by atoms with Crippen molar-refractivity contribution < 1.29 is 14.1 Å². The average molecular weight is 302 g/mol. The molecule has 2 atom stereocenters. The quantitative estimate of drug-likeness (QED) is 0.879. The molecular weight excluding hydrogens is 280 g/mol. The Kier molecular flexibility index (Phi) is 5.20. The van der Waals surface area contributed by atoms with Crippen molar-refractivity contribution in [3.8, 4) is 5.75 Å². The van der Waals surface area contributed by atoms with Gasteiger partial charge in [0.15, 0.2) is 11.9 Å². The summed E-state index contributed by atoms with van der Waals surface area (Å²) in [6.07, 6.45) is 0.390. The molecule has 118 valence electrons. The summed E-state index contributed by atoms with van der Waals surface area (Å²) in [5.41, 5.74) is 1.11. The zero-order chi connectivity index (χ0) is 16.1. The maximum Gasteiger partial charge on any atom is 0.266 e. The minimum atomic E-state index is -0.623. The van der Waals surface area contributed by atoms with Gasteiger partial charge in [-0.3, -0.25) is 4.79 Å². The summed E-state index contributed by atoms with van der Waals surface area (Å²) in [4.78, 5) is 12.2. The summed E-state index contributed by atoms with van der Waals surface area (Å²) in [6, 6.07) is 9.49. The Bertz CT molecular complexity index is 636. The molecule has 0 aliphatic carbocycles. The van der Waals surface area contributed by atoms with Crippen LogP contribution in [0.4, 0.5) is 5.82 Å². The molecule has 1 amide bonds. The lowest BCUT2D eigenvalue weighted by Crippen LogP contribution is -2.30. The molecule has 1 heterocycles. The molecule has 0 aliphatic rings. The number of hydrogen-bond acceptors (Lipinski definition) is 4. The van der Waals surface area contributed by atoms with Gasteiger partial charge in [0.05, 0.1) is 0 Å². The maximum atomic E-state index is 12.2. The maximum absolute atomic E-state index is 12.2. The number of aromatic nitrogens is 1. The smallest absolute Gasteiger partial charge is 0.266 e. The highest BCUT2D eigenvalue weighted by molar-refractivity contribution is 5.93. The minimum Gasteiger partial charge on any atom is -0.481 e. The second-order valence-electron chi connectivity index (χ2n) is 5.42. The van der Waals surface area contributed by atoms with Gasteiger partial charge in [-0.25, -0.2) is 0 Å². The number of carbonyl (C=O) groups excluding carboxylic acids is 1. The van der Waals surface area contributed by atoms with Crippen LogP contribution in [0.5, 0.6) is 5.75 Å². The Morgan fingerprint density at radius 3 is 2.73 bits per heavy atom. The van der Waals surface area contributed by atoms with E-state index in [4.69, 9.17) is 9.26 Å². The number of rotatable bonds is 6. The zero-order valence-electron chi connectivity index (χ0n) is 13.4. The molecule has 22 heavy (non-hydrogen) atoms. The SMILES string of the molecule is CCC(C)c1ccccc1OC(C)C(=O)Nc1cc(C)on1. The van der Waals surface area contributed by atoms with Crippen LogP contribution >= 0.6 is 0 Å². The molecule has 2 unspecified atom stereocenters. The van der Waals surface area contributed by atoms with Gasteiger partial charge in [0.25, 0.3) is 5.91 Å². The number of amides is 1. The fourth-order valence-corrected chi connectivity index (χ4v) is 2.11. The first-order valence-electron chi connectivity index (χ1n) is 7.51. The Labute approximate surface area is 130 Å². The van der Waals surface area contributed by atoms with Crippen LogP contribution in [-0.4, -0.2) is 17.2 Å². The molecule has 2 rings (SSSR count). The molecule has 0 saturated carbocycles. The van der Waals surface area contributed by atoms with Crippen LogP contribution in [0.15, 0.2) is 34.9 Å². The van der Waals surface area contributed by atoms with E-state index >= 15 is 0 Å². The number of ether oxygens (including phenoxy) is 1. The van der Waals surface area contributed by atoms with Crippen molar-refractivity contribution in [2.45, 2.75) is 46.1 Å². The fraction of sp³-hybridized carbons (Fsp3) is 0.412. The van der Waals surface area contributed by atoms with Crippen molar-refractivity contribution in [2.75, 3.05) is 5.32 Å². The fourth-order valence-electron chi connectivity index (χ4n) is 2.11. The second-order valence-corrected chi connectivity index (χ2v) is 5.42. The number of nitrogens with zero attached hydrogens (tertiary/aromatic N) is 1. The molecule has 2 aromatic rings. The molecule has 1 aromatic carbocycles. The van der Waals surface area contributed by atoms with Gasteiger partial charge in [0.1, 0.15) is 11.5 Å². The molecule has 0 spiro atoms. The predicted molar refractivity (Wildman–Crippen MR) is 85.1 cm³/mol. The molecule has 5 heteroatoms. The highest BCUT2D eigenvalue weighted by Crippen LogP contribution is 2.29. The van der Waals surface area contributed by atoms with Gasteiger partial charge < -0.3 is 14.6 Å². The highest BCUT2D eigenvalue weighted by atomic mass is 16.5. The van der Waals surface area contributed by atoms with Gasteiger partial charge in [-0.2, -0.15) is 0 Å². The Morgan fingerprint density at radius 2 is 2.09 bits per heavy atom. The van der Waals surface area contributed by atoms with Gasteiger partial charge in [0.2, 0.25) is 0 Å². The molecule has 1 aromatic heterocycles. The monoisotopic (exact) mass is 302 g/mol. The van der Waals surface area contributed by atoms with E-state index in [1.54, 1.807) is 19.9 Å². The number of nitrogens with one attached hydrogen (secondary N) is 1. The number of para-hydroxylation sites is 1. The summed E-state index contributed by atoms with van der Waals surface area (Å²) in [5.74, 6) is 1.91. The van der Waals surface area contributed by atoms with Crippen LogP contribution < -0.4 is 10.1 Å². The van der Waals surface area contributed by atoms with Crippen LogP contribution in [-0.2, 0) is 4.79 Å². The Morgan fingerprint density at radius 1 is 1.36 bits per heavy atom. The van der Waals surface area contributed by atoms with Crippen LogP contribution in [0.2, 0.25) is 0 Å². The third-order valence-corrected chi connectivity index (χ3v) is 3.61. The third kappa shape index (κ3) is 3.87. The van der Waals surface area contributed by atoms with Crippen LogP contribution in [0.25, 0.3) is 0 Å². The molecular formula is C17H22N2O3. The van der Waals surface area contributed by atoms with Crippen molar-refractivity contribution in [2.24, 2.45) is 0 Å². The molecule has 1 N–H and O–H groups in total. The Hall–Kier alpha value is -2.30. The summed E-state index contributed by atoms with van der Waals surface area (Å²) in [5, 5.41) is 6.42. The van der Waals surface area contributed by atoms with E-state index < -0.39 is 6.10 Å². The van der Waals surface area contributed by atoms with E-state index in [9.17, 15) is 4.79 Å². The van der Waals surface area contributed by atoms with Crippen molar-refractivity contribution in [1.29, 1.82) is 0 Å². The first kappa shape index (κ1) is 16.1. The van der Waals surface area contributed by atoms with Gasteiger partial charge in [-0.05, 0) is 37.8 Å². The minimum absolute atomic E-state index is 0.257. The normalized spacial score (nSPS) is 13.5. The van der Waals surface area contributed by atoms with Crippen molar-refractivity contribution in [3.05, 3.63) is 41.7 Å². The number of hydrogen-bond donors (Lipinski definition) is 1. The largest absolute Gasteiger partial charge is 0.481 e. The van der Waals surface area contributed by atoms with E-state index in [1.807, 2.05) is 24.3 Å². The van der Waals surface area contributed by atoms with Gasteiger partial charge in [-0.1, -0.05) is 37.2 Å². The lowest BCUT2D eigenvalue weighted by Gasteiger charge is -2.19. The first-order chi connectivity index (χ1) is 10.5. The molecule has 5 nitrogen and oxygen atoms in total. The van der Waals surface area contributed by atoms with Crippen LogP contribution in [0.1, 0.15) is 44.4 Å². The topological polar surface area (TPSA) is 64.4 Å².